The minimum absolute atomic E-state index is 0.263. The third-order valence-electron chi connectivity index (χ3n) is 4.89. The smallest absolute Gasteiger partial charge is 0.142 e. The molecule has 1 fully saturated rings. The maximum Gasteiger partial charge on any atom is 0.142 e. The Labute approximate surface area is 171 Å². The second kappa shape index (κ2) is 11.0. The molecule has 2 aromatic rings. The molecule has 3 rings (SSSR count). The second-order valence-corrected chi connectivity index (χ2v) is 6.99. The molecule has 158 valence electrons. The molecule has 29 heavy (non-hydrogen) atoms. The van der Waals surface area contributed by atoms with E-state index in [1.807, 2.05) is 18.2 Å². The number of methoxy groups -OCH3 is 1. The van der Waals surface area contributed by atoms with Crippen LogP contribution in [0.3, 0.4) is 0 Å². The van der Waals surface area contributed by atoms with Gasteiger partial charge in [-0.05, 0) is 36.4 Å². The molecule has 0 amide bonds. The van der Waals surface area contributed by atoms with Crippen LogP contribution in [-0.2, 0) is 4.74 Å². The van der Waals surface area contributed by atoms with Crippen molar-refractivity contribution in [2.75, 3.05) is 64.6 Å². The number of para-hydroxylation sites is 2. The molecule has 1 aliphatic heterocycles. The number of hydrogen-bond donors (Lipinski definition) is 1. The highest BCUT2D eigenvalue weighted by molar-refractivity contribution is 5.58. The number of benzene rings is 2. The summed E-state index contributed by atoms with van der Waals surface area (Å²) in [5.74, 6) is 1.20. The Morgan fingerprint density at radius 1 is 1.00 bits per heavy atom. The minimum atomic E-state index is -0.543. The topological polar surface area (TPSA) is 54.4 Å². The van der Waals surface area contributed by atoms with E-state index in [2.05, 4.69) is 15.9 Å². The maximum absolute atomic E-state index is 12.8. The van der Waals surface area contributed by atoms with Gasteiger partial charge in [0.2, 0.25) is 0 Å². The first-order valence-corrected chi connectivity index (χ1v) is 9.90. The zero-order valence-electron chi connectivity index (χ0n) is 16.8. The van der Waals surface area contributed by atoms with Gasteiger partial charge in [-0.2, -0.15) is 0 Å². The fourth-order valence-electron chi connectivity index (χ4n) is 3.38. The molecule has 0 spiro atoms. The zero-order valence-corrected chi connectivity index (χ0v) is 16.8. The van der Waals surface area contributed by atoms with E-state index in [0.29, 0.717) is 25.5 Å². The van der Waals surface area contributed by atoms with Gasteiger partial charge in [0.15, 0.2) is 0 Å². The number of piperazine rings is 1. The predicted octanol–water partition coefficient (Wildman–Crippen LogP) is 2.41. The van der Waals surface area contributed by atoms with Crippen LogP contribution in [0.4, 0.5) is 10.1 Å². The molecule has 2 aromatic carbocycles. The lowest BCUT2D eigenvalue weighted by atomic mass is 10.2. The third-order valence-corrected chi connectivity index (χ3v) is 4.89. The number of aliphatic hydroxyl groups is 1. The maximum atomic E-state index is 12.8. The molecule has 0 aromatic heterocycles. The molecule has 1 N–H and O–H groups in total. The van der Waals surface area contributed by atoms with Crippen molar-refractivity contribution in [1.29, 1.82) is 0 Å². The molecule has 1 aliphatic rings. The van der Waals surface area contributed by atoms with Crippen LogP contribution in [0, 0.1) is 5.82 Å². The van der Waals surface area contributed by atoms with E-state index in [-0.39, 0.29) is 12.4 Å². The summed E-state index contributed by atoms with van der Waals surface area (Å²) in [4.78, 5) is 4.56. The number of aliphatic hydroxyl groups excluding tert-OH is 1. The van der Waals surface area contributed by atoms with Gasteiger partial charge in [0.05, 0.1) is 32.1 Å². The summed E-state index contributed by atoms with van der Waals surface area (Å²) in [6.45, 7) is 5.11. The van der Waals surface area contributed by atoms with Gasteiger partial charge in [-0.25, -0.2) is 4.39 Å². The minimum Gasteiger partial charge on any atom is -0.495 e. The molecule has 0 radical (unpaired) electrons. The van der Waals surface area contributed by atoms with Gasteiger partial charge in [-0.3, -0.25) is 4.90 Å². The molecule has 0 unspecified atom stereocenters. The van der Waals surface area contributed by atoms with Crippen LogP contribution in [0.2, 0.25) is 0 Å². The highest BCUT2D eigenvalue weighted by Gasteiger charge is 2.21. The third kappa shape index (κ3) is 6.59. The van der Waals surface area contributed by atoms with Crippen molar-refractivity contribution < 1.29 is 23.7 Å². The Morgan fingerprint density at radius 3 is 2.45 bits per heavy atom. The van der Waals surface area contributed by atoms with Crippen LogP contribution in [-0.4, -0.2) is 75.8 Å². The average molecular weight is 404 g/mol. The molecule has 0 saturated carbocycles. The Kier molecular flexibility index (Phi) is 8.10. The summed E-state index contributed by atoms with van der Waals surface area (Å²) in [6.07, 6.45) is -0.543. The van der Waals surface area contributed by atoms with Crippen molar-refractivity contribution in [2.45, 2.75) is 6.10 Å². The highest BCUT2D eigenvalue weighted by atomic mass is 19.1. The molecule has 7 heteroatoms. The van der Waals surface area contributed by atoms with Gasteiger partial charge < -0.3 is 24.2 Å². The van der Waals surface area contributed by atoms with Gasteiger partial charge in [0, 0.05) is 32.7 Å². The summed E-state index contributed by atoms with van der Waals surface area (Å²) in [6, 6.07) is 13.9. The lowest BCUT2D eigenvalue weighted by molar-refractivity contribution is 0.00716. The molecule has 6 nitrogen and oxygen atoms in total. The number of rotatable bonds is 10. The van der Waals surface area contributed by atoms with E-state index >= 15 is 0 Å². The van der Waals surface area contributed by atoms with Gasteiger partial charge >= 0.3 is 0 Å². The predicted molar refractivity (Wildman–Crippen MR) is 110 cm³/mol. The number of hydrogen-bond acceptors (Lipinski definition) is 6. The van der Waals surface area contributed by atoms with Crippen molar-refractivity contribution >= 4 is 5.69 Å². The van der Waals surface area contributed by atoms with E-state index in [4.69, 9.17) is 14.2 Å². The zero-order chi connectivity index (χ0) is 20.5. The number of β-amino-alcohol motifs (C(OH)–C–C–N with tert-alkyl or cyclic N) is 1. The largest absolute Gasteiger partial charge is 0.495 e. The van der Waals surface area contributed by atoms with Gasteiger partial charge in [-0.1, -0.05) is 12.1 Å². The Bertz CT molecular complexity index is 736. The molecule has 1 heterocycles. The van der Waals surface area contributed by atoms with Gasteiger partial charge in [-0.15, -0.1) is 0 Å². The van der Waals surface area contributed by atoms with Crippen molar-refractivity contribution in [1.82, 2.24) is 4.90 Å². The first kappa shape index (κ1) is 21.4. The number of nitrogens with zero attached hydrogens (tertiary/aromatic N) is 2. The van der Waals surface area contributed by atoms with Crippen LogP contribution in [0.25, 0.3) is 0 Å². The summed E-state index contributed by atoms with van der Waals surface area (Å²) < 4.78 is 29.2. The average Bonchev–Trinajstić information content (AvgIpc) is 2.75. The van der Waals surface area contributed by atoms with Gasteiger partial charge in [0.1, 0.15) is 23.9 Å². The van der Waals surface area contributed by atoms with Crippen LogP contribution in [0.1, 0.15) is 0 Å². The summed E-state index contributed by atoms with van der Waals surface area (Å²) in [5.41, 5.74) is 1.11. The monoisotopic (exact) mass is 404 g/mol. The number of anilines is 1. The molecular formula is C22H29FN2O4. The van der Waals surface area contributed by atoms with E-state index in [1.54, 1.807) is 19.2 Å². The summed E-state index contributed by atoms with van der Waals surface area (Å²) in [5, 5.41) is 10.2. The Morgan fingerprint density at radius 2 is 1.72 bits per heavy atom. The fourth-order valence-corrected chi connectivity index (χ4v) is 3.38. The van der Waals surface area contributed by atoms with Crippen molar-refractivity contribution in [3.05, 3.63) is 54.3 Å². The molecule has 0 bridgehead atoms. The second-order valence-electron chi connectivity index (χ2n) is 6.99. The summed E-state index contributed by atoms with van der Waals surface area (Å²) in [7, 11) is 1.69. The number of ether oxygens (including phenoxy) is 3. The van der Waals surface area contributed by atoms with Crippen LogP contribution < -0.4 is 14.4 Å². The quantitative estimate of drug-likeness (QED) is 0.614. The SMILES string of the molecule is COc1ccccc1N1CCN(C[C@H](O)COCCOc2ccc(F)cc2)CC1. The Hall–Kier alpha value is -2.35. The van der Waals surface area contributed by atoms with Crippen molar-refractivity contribution in [2.24, 2.45) is 0 Å². The van der Waals surface area contributed by atoms with Crippen molar-refractivity contribution in [3.8, 4) is 11.5 Å². The first-order valence-electron chi connectivity index (χ1n) is 9.90. The van der Waals surface area contributed by atoms with Crippen LogP contribution in [0.5, 0.6) is 11.5 Å². The summed E-state index contributed by atoms with van der Waals surface area (Å²) >= 11 is 0. The van der Waals surface area contributed by atoms with Crippen molar-refractivity contribution in [3.63, 3.8) is 0 Å². The normalized spacial score (nSPS) is 15.9. The molecule has 0 aliphatic carbocycles. The standard InChI is InChI=1S/C22H29FN2O4/c1-27-22-5-3-2-4-21(22)25-12-10-24(11-13-25)16-19(26)17-28-14-15-29-20-8-6-18(23)7-9-20/h2-9,19,26H,10-17H2,1H3/t19-/m0/s1. The van der Waals surface area contributed by atoms with E-state index in [0.717, 1.165) is 37.6 Å². The van der Waals surface area contributed by atoms with E-state index < -0.39 is 6.10 Å². The Balaban J connectivity index is 1.30. The van der Waals surface area contributed by atoms with Crippen LogP contribution >= 0.6 is 0 Å². The number of halogens is 1. The van der Waals surface area contributed by atoms with E-state index in [9.17, 15) is 9.50 Å². The molecule has 1 atom stereocenters. The van der Waals surface area contributed by atoms with Gasteiger partial charge in [0.25, 0.3) is 0 Å². The highest BCUT2D eigenvalue weighted by Crippen LogP contribution is 2.28. The fraction of sp³-hybridized carbons (Fsp3) is 0.455. The van der Waals surface area contributed by atoms with Crippen LogP contribution in [0.15, 0.2) is 48.5 Å². The van der Waals surface area contributed by atoms with E-state index in [1.165, 1.54) is 12.1 Å². The molecular weight excluding hydrogens is 375 g/mol. The lowest BCUT2D eigenvalue weighted by Crippen LogP contribution is -2.49. The lowest BCUT2D eigenvalue weighted by Gasteiger charge is -2.37. The molecule has 1 saturated heterocycles. The first-order chi connectivity index (χ1) is 14.2.